The van der Waals surface area contributed by atoms with Crippen LogP contribution in [0.1, 0.15) is 11.1 Å². The Morgan fingerprint density at radius 3 is 2.07 bits per heavy atom. The fourth-order valence-corrected chi connectivity index (χ4v) is 2.31. The largest absolute Gasteiger partial charge is 0.194 e. The lowest BCUT2D eigenvalue weighted by atomic mass is 10.1. The zero-order valence-electron chi connectivity index (χ0n) is 7.55. The van der Waals surface area contributed by atoms with Gasteiger partial charge >= 0.3 is 0 Å². The lowest BCUT2D eigenvalue weighted by molar-refractivity contribution is 1.00. The van der Waals surface area contributed by atoms with Crippen LogP contribution in [0, 0.1) is 6.92 Å². The molecule has 0 aliphatic carbocycles. The minimum absolute atomic E-state index is 0.169. The molecule has 0 bridgehead atoms. The Kier molecular flexibility index (Phi) is 4.75. The molecular formula is C9H6Cl6. The van der Waals surface area contributed by atoms with Crippen molar-refractivity contribution in [3.8, 4) is 0 Å². The fourth-order valence-electron chi connectivity index (χ4n) is 1.15. The van der Waals surface area contributed by atoms with Crippen LogP contribution in [0.15, 0.2) is 6.07 Å². The molecule has 0 nitrogen and oxygen atoms in total. The molecule has 1 aromatic rings. The van der Waals surface area contributed by atoms with E-state index in [9.17, 15) is 0 Å². The molecule has 0 amide bonds. The lowest BCUT2D eigenvalue weighted by Crippen LogP contribution is -2.09. The van der Waals surface area contributed by atoms with Gasteiger partial charge < -0.3 is 0 Å². The van der Waals surface area contributed by atoms with E-state index in [0.29, 0.717) is 20.6 Å². The summed E-state index contributed by atoms with van der Waals surface area (Å²) in [6.07, 6.45) is 0.169. The van der Waals surface area contributed by atoms with Crippen LogP contribution in [0.4, 0.5) is 0 Å². The van der Waals surface area contributed by atoms with Crippen LogP contribution in [0.2, 0.25) is 15.1 Å². The Morgan fingerprint density at radius 1 is 1.07 bits per heavy atom. The van der Waals surface area contributed by atoms with Crippen LogP contribution in [0.25, 0.3) is 0 Å². The zero-order chi connectivity index (χ0) is 11.8. The van der Waals surface area contributed by atoms with Gasteiger partial charge in [-0.2, -0.15) is 0 Å². The molecule has 0 heterocycles. The van der Waals surface area contributed by atoms with E-state index in [1.165, 1.54) is 0 Å². The second kappa shape index (κ2) is 5.08. The predicted molar refractivity (Wildman–Crippen MR) is 70.2 cm³/mol. The normalized spacial score (nSPS) is 11.9. The molecular weight excluding hydrogens is 321 g/mol. The van der Waals surface area contributed by atoms with Gasteiger partial charge in [0.2, 0.25) is 0 Å². The van der Waals surface area contributed by atoms with Crippen molar-refractivity contribution in [1.82, 2.24) is 0 Å². The Hall–Kier alpha value is 0.960. The van der Waals surface area contributed by atoms with E-state index in [1.807, 2.05) is 0 Å². The van der Waals surface area contributed by atoms with Crippen molar-refractivity contribution in [2.45, 2.75) is 17.1 Å². The molecule has 1 rings (SSSR count). The number of rotatable bonds is 1. The highest BCUT2D eigenvalue weighted by Gasteiger charge is 2.24. The molecule has 0 saturated heterocycles. The Morgan fingerprint density at radius 2 is 1.60 bits per heavy atom. The smallest absolute Gasteiger partial charge is 0.0840 e. The summed E-state index contributed by atoms with van der Waals surface area (Å²) in [5, 5.41) is 1.25. The predicted octanol–water partition coefficient (Wildman–Crippen LogP) is 5.87. The minimum Gasteiger partial charge on any atom is -0.0840 e. The molecule has 0 atom stereocenters. The highest BCUT2D eigenvalue weighted by Crippen LogP contribution is 2.39. The summed E-state index contributed by atoms with van der Waals surface area (Å²) < 4.78 is -1.41. The third-order valence-electron chi connectivity index (χ3n) is 1.92. The number of alkyl halides is 3. The van der Waals surface area contributed by atoms with E-state index >= 15 is 0 Å². The van der Waals surface area contributed by atoms with Crippen LogP contribution in [0.3, 0.4) is 0 Å². The Bertz CT molecular complexity index is 353. The average molecular weight is 327 g/mol. The van der Waals surface area contributed by atoms with E-state index in [2.05, 4.69) is 0 Å². The van der Waals surface area contributed by atoms with Crippen LogP contribution in [-0.4, -0.2) is 3.79 Å². The second-order valence-corrected chi connectivity index (χ2v) is 6.76. The van der Waals surface area contributed by atoms with Crippen LogP contribution in [0.5, 0.6) is 0 Å². The van der Waals surface area contributed by atoms with Crippen molar-refractivity contribution in [2.75, 3.05) is 0 Å². The van der Waals surface area contributed by atoms with Gasteiger partial charge in [-0.3, -0.25) is 0 Å². The standard InChI is InChI=1S/C9H6Cl6/c1-4-5(3-9(13,14)15)8(12)7(11)2-6(4)10/h2H,3H2,1H3. The summed E-state index contributed by atoms with van der Waals surface area (Å²) in [6.45, 7) is 1.80. The van der Waals surface area contributed by atoms with Gasteiger partial charge in [0.05, 0.1) is 10.0 Å². The topological polar surface area (TPSA) is 0 Å². The first-order valence-electron chi connectivity index (χ1n) is 3.92. The molecule has 0 spiro atoms. The minimum atomic E-state index is -1.41. The van der Waals surface area contributed by atoms with Crippen LogP contribution < -0.4 is 0 Å². The number of hydrogen-bond acceptors (Lipinski definition) is 0. The monoisotopic (exact) mass is 324 g/mol. The average Bonchev–Trinajstić information content (AvgIpc) is 2.08. The third kappa shape index (κ3) is 3.73. The van der Waals surface area contributed by atoms with Gasteiger partial charge in [0.15, 0.2) is 3.79 Å². The zero-order valence-corrected chi connectivity index (χ0v) is 12.1. The number of hydrogen-bond donors (Lipinski definition) is 0. The second-order valence-electron chi connectivity index (χ2n) is 3.05. The van der Waals surface area contributed by atoms with Crippen molar-refractivity contribution in [3.05, 3.63) is 32.3 Å². The first-order chi connectivity index (χ1) is 6.72. The Labute approximate surface area is 118 Å². The summed E-state index contributed by atoms with van der Waals surface area (Å²) in [5.74, 6) is 0. The van der Waals surface area contributed by atoms with Gasteiger partial charge in [0, 0.05) is 11.4 Å². The fraction of sp³-hybridized carbons (Fsp3) is 0.333. The number of halogens is 6. The highest BCUT2D eigenvalue weighted by atomic mass is 35.6. The van der Waals surface area contributed by atoms with Gasteiger partial charge in [-0.1, -0.05) is 69.6 Å². The summed E-state index contributed by atoms with van der Waals surface area (Å²) in [6, 6.07) is 1.57. The third-order valence-corrected chi connectivity index (χ3v) is 3.54. The van der Waals surface area contributed by atoms with E-state index in [0.717, 1.165) is 5.56 Å². The number of benzene rings is 1. The molecule has 15 heavy (non-hydrogen) atoms. The van der Waals surface area contributed by atoms with Crippen molar-refractivity contribution in [2.24, 2.45) is 0 Å². The van der Waals surface area contributed by atoms with Gasteiger partial charge in [-0.25, -0.2) is 0 Å². The summed E-state index contributed by atoms with van der Waals surface area (Å²) in [7, 11) is 0. The van der Waals surface area contributed by atoms with E-state index in [4.69, 9.17) is 69.6 Å². The molecule has 0 radical (unpaired) electrons. The van der Waals surface area contributed by atoms with Gasteiger partial charge in [0.25, 0.3) is 0 Å². The van der Waals surface area contributed by atoms with E-state index < -0.39 is 3.79 Å². The van der Waals surface area contributed by atoms with Gasteiger partial charge in [-0.05, 0) is 24.1 Å². The first kappa shape index (κ1) is 14.0. The van der Waals surface area contributed by atoms with Crippen molar-refractivity contribution in [3.63, 3.8) is 0 Å². The molecule has 0 saturated carbocycles. The maximum absolute atomic E-state index is 6.01. The van der Waals surface area contributed by atoms with E-state index in [1.54, 1.807) is 13.0 Å². The highest BCUT2D eigenvalue weighted by molar-refractivity contribution is 6.67. The lowest BCUT2D eigenvalue weighted by Gasteiger charge is -2.16. The molecule has 6 heteroatoms. The quantitative estimate of drug-likeness (QED) is 0.447. The summed E-state index contributed by atoms with van der Waals surface area (Å²) in [4.78, 5) is 0. The maximum atomic E-state index is 6.01. The van der Waals surface area contributed by atoms with Crippen molar-refractivity contribution < 1.29 is 0 Å². The molecule has 0 aromatic heterocycles. The molecule has 0 unspecified atom stereocenters. The molecule has 0 aliphatic rings. The Balaban J connectivity index is 3.27. The summed E-state index contributed by atoms with van der Waals surface area (Å²) >= 11 is 34.9. The van der Waals surface area contributed by atoms with Crippen LogP contribution >= 0.6 is 69.6 Å². The van der Waals surface area contributed by atoms with Gasteiger partial charge in [-0.15, -0.1) is 0 Å². The molecule has 0 N–H and O–H groups in total. The van der Waals surface area contributed by atoms with E-state index in [-0.39, 0.29) is 6.42 Å². The summed E-state index contributed by atoms with van der Waals surface area (Å²) in [5.41, 5.74) is 1.44. The van der Waals surface area contributed by atoms with Gasteiger partial charge in [0.1, 0.15) is 0 Å². The SMILES string of the molecule is Cc1c(Cl)cc(Cl)c(Cl)c1CC(Cl)(Cl)Cl. The van der Waals surface area contributed by atoms with Crippen LogP contribution in [-0.2, 0) is 6.42 Å². The molecule has 1 aromatic carbocycles. The molecule has 0 aliphatic heterocycles. The van der Waals surface area contributed by atoms with Crippen molar-refractivity contribution >= 4 is 69.6 Å². The maximum Gasteiger partial charge on any atom is 0.194 e. The van der Waals surface area contributed by atoms with Crippen molar-refractivity contribution in [1.29, 1.82) is 0 Å². The molecule has 84 valence electrons. The first-order valence-corrected chi connectivity index (χ1v) is 6.19. The molecule has 0 fully saturated rings.